The van der Waals surface area contributed by atoms with Crippen molar-refractivity contribution in [3.63, 3.8) is 0 Å². The van der Waals surface area contributed by atoms with Gasteiger partial charge in [-0.1, -0.05) is 24.3 Å². The summed E-state index contributed by atoms with van der Waals surface area (Å²) in [4.78, 5) is 21.5. The highest BCUT2D eigenvalue weighted by Crippen LogP contribution is 2.21. The van der Waals surface area contributed by atoms with Crippen LogP contribution in [0.3, 0.4) is 0 Å². The molecule has 6 heteroatoms. The predicted octanol–water partition coefficient (Wildman–Crippen LogP) is 2.77. The third kappa shape index (κ3) is 7.41. The first-order chi connectivity index (χ1) is 10.7. The summed E-state index contributed by atoms with van der Waals surface area (Å²) in [5.41, 5.74) is 2.22. The predicted molar refractivity (Wildman–Crippen MR) is 92.9 cm³/mol. The molecule has 0 aromatic heterocycles. The van der Waals surface area contributed by atoms with Crippen molar-refractivity contribution in [3.8, 4) is 0 Å². The fraction of sp³-hybridized carbons (Fsp3) is 0.529. The first-order valence-electron chi connectivity index (χ1n) is 7.49. The zero-order chi connectivity index (χ0) is 17.5. The van der Waals surface area contributed by atoms with Crippen LogP contribution in [0.15, 0.2) is 24.3 Å². The van der Waals surface area contributed by atoms with Gasteiger partial charge in [-0.2, -0.15) is 12.6 Å². The van der Waals surface area contributed by atoms with Crippen LogP contribution in [-0.4, -0.2) is 36.6 Å². The minimum atomic E-state index is -0.435. The zero-order valence-electron chi connectivity index (χ0n) is 14.1. The number of esters is 1. The zero-order valence-corrected chi connectivity index (χ0v) is 15.0. The number of carbonyl (C=O) groups excluding carboxylic acids is 2. The van der Waals surface area contributed by atoms with Crippen LogP contribution in [0.1, 0.15) is 31.9 Å². The van der Waals surface area contributed by atoms with Crippen LogP contribution < -0.4 is 5.32 Å². The van der Waals surface area contributed by atoms with Gasteiger partial charge in [0.25, 0.3) is 0 Å². The van der Waals surface area contributed by atoms with Crippen LogP contribution in [0.4, 0.5) is 4.79 Å². The van der Waals surface area contributed by atoms with E-state index in [1.807, 2.05) is 32.9 Å². The van der Waals surface area contributed by atoms with E-state index in [1.165, 1.54) is 18.2 Å². The van der Waals surface area contributed by atoms with Crippen molar-refractivity contribution in [2.75, 3.05) is 12.9 Å². The Labute approximate surface area is 143 Å². The topological polar surface area (TPSA) is 64.6 Å². The Morgan fingerprint density at radius 3 is 2.09 bits per heavy atom. The Balaban J connectivity index is 0.000000379. The van der Waals surface area contributed by atoms with Gasteiger partial charge in [0.2, 0.25) is 0 Å². The van der Waals surface area contributed by atoms with Crippen molar-refractivity contribution >= 4 is 24.7 Å². The van der Waals surface area contributed by atoms with Crippen LogP contribution in [0.2, 0.25) is 0 Å². The molecule has 0 saturated carbocycles. The number of ether oxygens (including phenoxy) is 2. The lowest BCUT2D eigenvalue weighted by Crippen LogP contribution is -2.39. The van der Waals surface area contributed by atoms with Gasteiger partial charge in [-0.3, -0.25) is 4.79 Å². The molecule has 0 saturated heterocycles. The number of amides is 1. The number of fused-ring (bicyclic) bond motifs is 1. The van der Waals surface area contributed by atoms with E-state index in [0.29, 0.717) is 0 Å². The summed E-state index contributed by atoms with van der Waals surface area (Å²) in [5.74, 6) is -0.130. The number of hydrogen-bond acceptors (Lipinski definition) is 5. The van der Waals surface area contributed by atoms with Crippen molar-refractivity contribution in [1.29, 1.82) is 0 Å². The minimum Gasteiger partial charge on any atom is -0.468 e. The van der Waals surface area contributed by atoms with Crippen molar-refractivity contribution in [2.45, 2.75) is 45.3 Å². The molecule has 2 rings (SSSR count). The van der Waals surface area contributed by atoms with E-state index in [1.54, 1.807) is 0 Å². The highest BCUT2D eigenvalue weighted by Gasteiger charge is 2.24. The molecule has 5 nitrogen and oxygen atoms in total. The molecule has 1 N–H and O–H groups in total. The number of benzene rings is 1. The Kier molecular flexibility index (Phi) is 7.42. The fourth-order valence-electron chi connectivity index (χ4n) is 2.20. The summed E-state index contributed by atoms with van der Waals surface area (Å²) in [5, 5.41) is 2.92. The SMILES string of the molecule is CC(C)(C)OC(=O)NC1Cc2ccccc2C1.COC(=O)CS. The van der Waals surface area contributed by atoms with Crippen molar-refractivity contribution < 1.29 is 19.1 Å². The third-order valence-corrected chi connectivity index (χ3v) is 3.39. The average molecular weight is 339 g/mol. The van der Waals surface area contributed by atoms with E-state index < -0.39 is 5.60 Å². The number of carbonyl (C=O) groups is 2. The van der Waals surface area contributed by atoms with Gasteiger partial charge in [-0.15, -0.1) is 0 Å². The molecule has 1 aromatic carbocycles. The Hall–Kier alpha value is -1.69. The monoisotopic (exact) mass is 339 g/mol. The van der Waals surface area contributed by atoms with E-state index >= 15 is 0 Å². The molecule has 23 heavy (non-hydrogen) atoms. The molecule has 0 unspecified atom stereocenters. The average Bonchev–Trinajstić information content (AvgIpc) is 2.86. The molecular weight excluding hydrogens is 314 g/mol. The highest BCUT2D eigenvalue weighted by molar-refractivity contribution is 7.81. The highest BCUT2D eigenvalue weighted by atomic mass is 32.1. The first-order valence-corrected chi connectivity index (χ1v) is 8.12. The van der Waals surface area contributed by atoms with Crippen molar-refractivity contribution in [3.05, 3.63) is 35.4 Å². The Bertz CT molecular complexity index is 509. The second kappa shape index (κ2) is 8.82. The largest absolute Gasteiger partial charge is 0.468 e. The van der Waals surface area contributed by atoms with Crippen LogP contribution in [0.25, 0.3) is 0 Å². The van der Waals surface area contributed by atoms with Gasteiger partial charge < -0.3 is 14.8 Å². The lowest BCUT2D eigenvalue weighted by Gasteiger charge is -2.21. The molecule has 128 valence electrons. The summed E-state index contributed by atoms with van der Waals surface area (Å²) in [7, 11) is 1.33. The quantitative estimate of drug-likeness (QED) is 0.642. The molecule has 0 bridgehead atoms. The van der Waals surface area contributed by atoms with Crippen LogP contribution >= 0.6 is 12.6 Å². The maximum Gasteiger partial charge on any atom is 0.407 e. The number of alkyl carbamates (subject to hydrolysis) is 1. The van der Waals surface area contributed by atoms with Gasteiger partial charge >= 0.3 is 12.1 Å². The van der Waals surface area contributed by atoms with Crippen LogP contribution in [0, 0.1) is 0 Å². The van der Waals surface area contributed by atoms with E-state index in [0.717, 1.165) is 12.8 Å². The summed E-state index contributed by atoms with van der Waals surface area (Å²) >= 11 is 3.62. The fourth-order valence-corrected chi connectivity index (χ4v) is 2.33. The van der Waals surface area contributed by atoms with E-state index in [-0.39, 0.29) is 23.9 Å². The third-order valence-electron chi connectivity index (χ3n) is 3.13. The van der Waals surface area contributed by atoms with E-state index in [9.17, 15) is 9.59 Å². The molecule has 0 fully saturated rings. The second-order valence-electron chi connectivity index (χ2n) is 6.25. The normalized spacial score (nSPS) is 13.4. The Morgan fingerprint density at radius 2 is 1.74 bits per heavy atom. The van der Waals surface area contributed by atoms with E-state index in [4.69, 9.17) is 4.74 Å². The summed E-state index contributed by atoms with van der Waals surface area (Å²) in [6.07, 6.45) is 1.47. The van der Waals surface area contributed by atoms with Gasteiger partial charge in [-0.25, -0.2) is 4.79 Å². The number of nitrogens with one attached hydrogen (secondary N) is 1. The van der Waals surface area contributed by atoms with Crippen LogP contribution in [0.5, 0.6) is 0 Å². The smallest absolute Gasteiger partial charge is 0.407 e. The van der Waals surface area contributed by atoms with Gasteiger partial charge in [0.05, 0.1) is 12.9 Å². The number of thiol groups is 1. The maximum absolute atomic E-state index is 11.6. The molecular formula is C17H25NO4S. The van der Waals surface area contributed by atoms with E-state index in [2.05, 4.69) is 34.8 Å². The van der Waals surface area contributed by atoms with Gasteiger partial charge in [-0.05, 0) is 44.7 Å². The lowest BCUT2D eigenvalue weighted by molar-refractivity contribution is -0.137. The number of methoxy groups -OCH3 is 1. The molecule has 0 atom stereocenters. The Morgan fingerprint density at radius 1 is 1.22 bits per heavy atom. The number of hydrogen-bond donors (Lipinski definition) is 2. The minimum absolute atomic E-state index is 0.163. The lowest BCUT2D eigenvalue weighted by atomic mass is 10.1. The summed E-state index contributed by atoms with van der Waals surface area (Å²) in [6.45, 7) is 5.61. The maximum atomic E-state index is 11.6. The molecule has 0 aliphatic heterocycles. The van der Waals surface area contributed by atoms with Gasteiger partial charge in [0.15, 0.2) is 0 Å². The van der Waals surface area contributed by atoms with Crippen molar-refractivity contribution in [2.24, 2.45) is 0 Å². The molecule has 1 amide bonds. The van der Waals surface area contributed by atoms with Crippen LogP contribution in [-0.2, 0) is 27.1 Å². The molecule has 0 radical (unpaired) electrons. The molecule has 1 aliphatic rings. The molecule has 1 aliphatic carbocycles. The molecule has 0 heterocycles. The van der Waals surface area contributed by atoms with Gasteiger partial charge in [0.1, 0.15) is 5.60 Å². The number of rotatable bonds is 2. The molecule has 0 spiro atoms. The van der Waals surface area contributed by atoms with Gasteiger partial charge in [0, 0.05) is 6.04 Å². The summed E-state index contributed by atoms with van der Waals surface area (Å²) in [6, 6.07) is 8.48. The van der Waals surface area contributed by atoms with Crippen molar-refractivity contribution in [1.82, 2.24) is 5.32 Å². The first kappa shape index (κ1) is 19.4. The summed E-state index contributed by atoms with van der Waals surface area (Å²) < 4.78 is 9.43. The standard InChI is InChI=1S/C14H19NO2.C3H6O2S/c1-14(2,3)17-13(16)15-12-8-10-6-4-5-7-11(10)9-12;1-5-3(4)2-6/h4-7,12H,8-9H2,1-3H3,(H,15,16);6H,2H2,1H3. The molecule has 1 aromatic rings. The second-order valence-corrected chi connectivity index (χ2v) is 6.57.